The van der Waals surface area contributed by atoms with Crippen molar-refractivity contribution >= 4 is 16.3 Å². The maximum atomic E-state index is 4.62. The van der Waals surface area contributed by atoms with Gasteiger partial charge in [-0.25, -0.2) is 4.98 Å². The van der Waals surface area contributed by atoms with Gasteiger partial charge in [0.1, 0.15) is 0 Å². The van der Waals surface area contributed by atoms with Crippen LogP contribution in [0.4, 0.5) is 0 Å². The topological polar surface area (TPSA) is 42.2 Å². The predicted octanol–water partition coefficient (Wildman–Crippen LogP) is 3.26. The zero-order valence-corrected chi connectivity index (χ0v) is 12.7. The van der Waals surface area contributed by atoms with Crippen LogP contribution in [0.3, 0.4) is 0 Å². The van der Waals surface area contributed by atoms with Gasteiger partial charge in [0.15, 0.2) is 4.96 Å². The molecular weight excluding hydrogens is 268 g/mol. The minimum atomic E-state index is 0.293. The molecule has 0 saturated heterocycles. The van der Waals surface area contributed by atoms with Crippen LogP contribution < -0.4 is 5.32 Å². The number of aromatic nitrogens is 3. The van der Waals surface area contributed by atoms with E-state index in [9.17, 15) is 0 Å². The molecule has 0 saturated carbocycles. The maximum Gasteiger partial charge on any atom is 0.194 e. The maximum absolute atomic E-state index is 4.62. The summed E-state index contributed by atoms with van der Waals surface area (Å²) in [7, 11) is 0. The molecule has 20 heavy (non-hydrogen) atoms. The first-order chi connectivity index (χ1) is 9.66. The molecule has 3 aromatic rings. The Morgan fingerprint density at radius 2 is 2.05 bits per heavy atom. The van der Waals surface area contributed by atoms with Gasteiger partial charge in [-0.2, -0.15) is 0 Å². The van der Waals surface area contributed by atoms with E-state index in [1.807, 2.05) is 24.5 Å². The minimum absolute atomic E-state index is 0.293. The first-order valence-corrected chi connectivity index (χ1v) is 7.60. The van der Waals surface area contributed by atoms with Crippen molar-refractivity contribution in [3.8, 4) is 0 Å². The number of nitrogens with one attached hydrogen (secondary N) is 1. The molecule has 0 bridgehead atoms. The molecule has 1 N–H and O–H groups in total. The first-order valence-electron chi connectivity index (χ1n) is 6.72. The second-order valence-corrected chi connectivity index (χ2v) is 5.86. The molecule has 0 spiro atoms. The largest absolute Gasteiger partial charge is 0.305 e. The Balaban J connectivity index is 1.80. The van der Waals surface area contributed by atoms with E-state index in [0.29, 0.717) is 6.04 Å². The van der Waals surface area contributed by atoms with Crippen LogP contribution in [0.5, 0.6) is 0 Å². The van der Waals surface area contributed by atoms with E-state index in [-0.39, 0.29) is 0 Å². The fourth-order valence-corrected chi connectivity index (χ4v) is 3.33. The van der Waals surface area contributed by atoms with Gasteiger partial charge in [0, 0.05) is 36.1 Å². The number of imidazole rings is 1. The van der Waals surface area contributed by atoms with Gasteiger partial charge >= 0.3 is 0 Å². The summed E-state index contributed by atoms with van der Waals surface area (Å²) < 4.78 is 2.24. The molecule has 3 rings (SSSR count). The smallest absolute Gasteiger partial charge is 0.194 e. The molecule has 1 atom stereocenters. The van der Waals surface area contributed by atoms with Gasteiger partial charge in [-0.15, -0.1) is 11.3 Å². The third-order valence-corrected chi connectivity index (χ3v) is 4.56. The Hall–Kier alpha value is -1.72. The van der Waals surface area contributed by atoms with Gasteiger partial charge in [-0.3, -0.25) is 9.38 Å². The van der Waals surface area contributed by atoms with Gasteiger partial charge in [0.2, 0.25) is 0 Å². The number of nitrogens with zero attached hydrogens (tertiary/aromatic N) is 3. The highest BCUT2D eigenvalue weighted by Gasteiger charge is 2.13. The monoisotopic (exact) mass is 286 g/mol. The lowest BCUT2D eigenvalue weighted by atomic mass is 10.1. The molecule has 4 nitrogen and oxygen atoms in total. The van der Waals surface area contributed by atoms with Crippen molar-refractivity contribution in [3.63, 3.8) is 0 Å². The zero-order valence-electron chi connectivity index (χ0n) is 11.9. The van der Waals surface area contributed by atoms with Gasteiger partial charge in [-0.1, -0.05) is 0 Å². The van der Waals surface area contributed by atoms with E-state index in [2.05, 4.69) is 45.8 Å². The quantitative estimate of drug-likeness (QED) is 0.800. The van der Waals surface area contributed by atoms with E-state index < -0.39 is 0 Å². The number of aryl methyl sites for hydroxylation is 2. The molecule has 5 heteroatoms. The molecular formula is C15H18N4S. The molecule has 0 amide bonds. The van der Waals surface area contributed by atoms with Crippen molar-refractivity contribution in [2.45, 2.75) is 33.4 Å². The standard InChI is InChI=1S/C15H18N4S/c1-10-9-20-15-18-12(3)14(19(10)15)8-17-11(2)13-4-6-16-7-5-13/h4-7,9,11,17H,8H2,1-3H3/t11-/m1/s1. The van der Waals surface area contributed by atoms with Crippen LogP contribution in [-0.4, -0.2) is 14.4 Å². The van der Waals surface area contributed by atoms with Crippen LogP contribution in [0, 0.1) is 13.8 Å². The summed E-state index contributed by atoms with van der Waals surface area (Å²) in [5, 5.41) is 5.72. The molecule has 0 radical (unpaired) electrons. The number of thiazole rings is 1. The van der Waals surface area contributed by atoms with Crippen LogP contribution in [0.2, 0.25) is 0 Å². The molecule has 0 aromatic carbocycles. The van der Waals surface area contributed by atoms with Crippen molar-refractivity contribution in [2.75, 3.05) is 0 Å². The van der Waals surface area contributed by atoms with Crippen molar-refractivity contribution < 1.29 is 0 Å². The third kappa shape index (κ3) is 2.34. The highest BCUT2D eigenvalue weighted by atomic mass is 32.1. The Kier molecular flexibility index (Phi) is 3.54. The third-order valence-electron chi connectivity index (χ3n) is 3.61. The Bertz CT molecular complexity index is 714. The van der Waals surface area contributed by atoms with Crippen LogP contribution in [-0.2, 0) is 6.54 Å². The lowest BCUT2D eigenvalue weighted by molar-refractivity contribution is 0.563. The SMILES string of the molecule is Cc1nc2scc(C)n2c1CN[C@H](C)c1ccncc1. The molecule has 3 heterocycles. The van der Waals surface area contributed by atoms with Gasteiger partial charge in [-0.05, 0) is 38.5 Å². The molecule has 0 aliphatic carbocycles. The van der Waals surface area contributed by atoms with E-state index in [1.54, 1.807) is 11.3 Å². The zero-order chi connectivity index (χ0) is 14.1. The van der Waals surface area contributed by atoms with Crippen molar-refractivity contribution in [1.29, 1.82) is 0 Å². The van der Waals surface area contributed by atoms with E-state index in [1.165, 1.54) is 17.0 Å². The molecule has 0 aliphatic rings. The molecule has 104 valence electrons. The number of pyridine rings is 1. The van der Waals surface area contributed by atoms with Gasteiger partial charge in [0.25, 0.3) is 0 Å². The highest BCUT2D eigenvalue weighted by molar-refractivity contribution is 7.15. The van der Waals surface area contributed by atoms with Gasteiger partial charge in [0.05, 0.1) is 11.4 Å². The number of rotatable bonds is 4. The molecule has 3 aromatic heterocycles. The lowest BCUT2D eigenvalue weighted by Crippen LogP contribution is -2.19. The number of fused-ring (bicyclic) bond motifs is 1. The minimum Gasteiger partial charge on any atom is -0.305 e. The Morgan fingerprint density at radius 1 is 1.30 bits per heavy atom. The summed E-state index contributed by atoms with van der Waals surface area (Å²) in [6.45, 7) is 7.19. The van der Waals surface area contributed by atoms with Crippen molar-refractivity contribution in [3.05, 3.63) is 52.6 Å². The van der Waals surface area contributed by atoms with Crippen LogP contribution in [0.15, 0.2) is 29.9 Å². The van der Waals surface area contributed by atoms with E-state index in [4.69, 9.17) is 0 Å². The summed E-state index contributed by atoms with van der Waals surface area (Å²) in [5.41, 5.74) is 4.86. The van der Waals surface area contributed by atoms with Gasteiger partial charge < -0.3 is 5.32 Å². The Morgan fingerprint density at radius 3 is 2.80 bits per heavy atom. The molecule has 0 aliphatic heterocycles. The van der Waals surface area contributed by atoms with Crippen molar-refractivity contribution in [2.24, 2.45) is 0 Å². The summed E-state index contributed by atoms with van der Waals surface area (Å²) in [5.74, 6) is 0. The van der Waals surface area contributed by atoms with Crippen LogP contribution in [0.1, 0.15) is 35.6 Å². The number of hydrogen-bond donors (Lipinski definition) is 1. The fourth-order valence-electron chi connectivity index (χ4n) is 2.40. The molecule has 0 unspecified atom stereocenters. The fraction of sp³-hybridized carbons (Fsp3) is 0.333. The second-order valence-electron chi connectivity index (χ2n) is 5.02. The normalized spacial score (nSPS) is 12.9. The van der Waals surface area contributed by atoms with Crippen molar-refractivity contribution in [1.82, 2.24) is 19.7 Å². The lowest BCUT2D eigenvalue weighted by Gasteiger charge is -2.14. The summed E-state index contributed by atoms with van der Waals surface area (Å²) in [6.07, 6.45) is 3.66. The number of hydrogen-bond acceptors (Lipinski definition) is 4. The average Bonchev–Trinajstić information content (AvgIpc) is 2.97. The predicted molar refractivity (Wildman–Crippen MR) is 82.0 cm³/mol. The highest BCUT2D eigenvalue weighted by Crippen LogP contribution is 2.21. The molecule has 0 fully saturated rings. The second kappa shape index (κ2) is 5.34. The summed E-state index contributed by atoms with van der Waals surface area (Å²) in [4.78, 5) is 9.75. The van der Waals surface area contributed by atoms with E-state index in [0.717, 1.165) is 17.2 Å². The van der Waals surface area contributed by atoms with Crippen LogP contribution in [0.25, 0.3) is 4.96 Å². The summed E-state index contributed by atoms with van der Waals surface area (Å²) >= 11 is 1.70. The van der Waals surface area contributed by atoms with Crippen LogP contribution >= 0.6 is 11.3 Å². The first kappa shape index (κ1) is 13.3. The Labute approximate surface area is 122 Å². The average molecular weight is 286 g/mol. The summed E-state index contributed by atoms with van der Waals surface area (Å²) in [6, 6.07) is 4.39. The van der Waals surface area contributed by atoms with E-state index >= 15 is 0 Å².